The second kappa shape index (κ2) is 9.82. The molecule has 0 aliphatic carbocycles. The minimum absolute atomic E-state index is 0.0842. The Morgan fingerprint density at radius 2 is 2.23 bits per heavy atom. The number of nitrogens with one attached hydrogen (secondary N) is 2. The third-order valence-corrected chi connectivity index (χ3v) is 4.68. The van der Waals surface area contributed by atoms with Gasteiger partial charge in [-0.15, -0.1) is 11.3 Å². The number of aliphatic hydroxyl groups is 1. The number of nitrogens with zero attached hydrogens (tertiary/aromatic N) is 2. The predicted octanol–water partition coefficient (Wildman–Crippen LogP) is 1.65. The van der Waals surface area contributed by atoms with Crippen molar-refractivity contribution in [2.75, 3.05) is 32.7 Å². The second-order valence-electron chi connectivity index (χ2n) is 5.63. The lowest BCUT2D eigenvalue weighted by molar-refractivity contribution is 0.0823. The van der Waals surface area contributed by atoms with Gasteiger partial charge in [-0.25, -0.2) is 4.99 Å². The van der Waals surface area contributed by atoms with Crippen molar-refractivity contribution in [1.82, 2.24) is 15.5 Å². The summed E-state index contributed by atoms with van der Waals surface area (Å²) in [6.07, 6.45) is 2.84. The molecule has 1 aromatic rings. The Hall–Kier alpha value is -1.11. The van der Waals surface area contributed by atoms with Crippen LogP contribution in [0.5, 0.6) is 0 Å². The summed E-state index contributed by atoms with van der Waals surface area (Å²) in [6.45, 7) is 7.75. The van der Waals surface area contributed by atoms with Gasteiger partial charge in [0.2, 0.25) is 0 Å². The Balaban J connectivity index is 1.64. The van der Waals surface area contributed by atoms with Crippen molar-refractivity contribution in [2.24, 2.45) is 4.99 Å². The fraction of sp³-hybridized carbons (Fsp3) is 0.688. The molecule has 0 spiro atoms. The molecular formula is C16H28N4OS. The molecule has 0 radical (unpaired) electrons. The lowest BCUT2D eigenvalue weighted by Gasteiger charge is -2.29. The fourth-order valence-corrected chi connectivity index (χ4v) is 3.18. The molecule has 3 N–H and O–H groups in total. The van der Waals surface area contributed by atoms with Gasteiger partial charge in [0.25, 0.3) is 0 Å². The van der Waals surface area contributed by atoms with Gasteiger partial charge in [0, 0.05) is 31.1 Å². The molecule has 0 amide bonds. The summed E-state index contributed by atoms with van der Waals surface area (Å²) in [6, 6.07) is 4.17. The Labute approximate surface area is 137 Å². The lowest BCUT2D eigenvalue weighted by Crippen LogP contribution is -2.40. The van der Waals surface area contributed by atoms with Gasteiger partial charge in [0.15, 0.2) is 5.96 Å². The maximum atomic E-state index is 9.51. The van der Waals surface area contributed by atoms with Gasteiger partial charge >= 0.3 is 0 Å². The molecule has 0 aromatic carbocycles. The molecule has 5 nitrogen and oxygen atoms in total. The van der Waals surface area contributed by atoms with Gasteiger partial charge in [0.05, 0.1) is 12.6 Å². The number of likely N-dealkylation sites (tertiary alicyclic amines) is 1. The molecule has 0 bridgehead atoms. The monoisotopic (exact) mass is 324 g/mol. The molecular weight excluding hydrogens is 296 g/mol. The van der Waals surface area contributed by atoms with Crippen LogP contribution in [0.1, 0.15) is 31.1 Å². The van der Waals surface area contributed by atoms with Crippen LogP contribution in [-0.4, -0.2) is 54.8 Å². The SMILES string of the molecule is CCNC(=NCc1cccs1)NCCCN1CCC(O)CC1. The first kappa shape index (κ1) is 17.2. The molecule has 2 heterocycles. The average Bonchev–Trinajstić information content (AvgIpc) is 3.04. The molecule has 1 aliphatic heterocycles. The van der Waals surface area contributed by atoms with Crippen LogP contribution in [0.15, 0.2) is 22.5 Å². The zero-order valence-electron chi connectivity index (χ0n) is 13.4. The third-order valence-electron chi connectivity index (χ3n) is 3.82. The first-order valence-corrected chi connectivity index (χ1v) is 9.11. The van der Waals surface area contributed by atoms with Crippen molar-refractivity contribution in [2.45, 2.75) is 38.8 Å². The van der Waals surface area contributed by atoms with Crippen LogP contribution < -0.4 is 10.6 Å². The molecule has 2 rings (SSSR count). The zero-order chi connectivity index (χ0) is 15.6. The van der Waals surface area contributed by atoms with E-state index in [0.717, 1.165) is 64.5 Å². The van der Waals surface area contributed by atoms with Gasteiger partial charge in [-0.3, -0.25) is 0 Å². The fourth-order valence-electron chi connectivity index (χ4n) is 2.55. The summed E-state index contributed by atoms with van der Waals surface area (Å²) in [4.78, 5) is 8.32. The number of hydrogen-bond donors (Lipinski definition) is 3. The summed E-state index contributed by atoms with van der Waals surface area (Å²) in [5.74, 6) is 0.893. The van der Waals surface area contributed by atoms with E-state index >= 15 is 0 Å². The Morgan fingerprint density at radius 1 is 1.41 bits per heavy atom. The van der Waals surface area contributed by atoms with Crippen molar-refractivity contribution in [1.29, 1.82) is 0 Å². The average molecular weight is 324 g/mol. The van der Waals surface area contributed by atoms with Crippen molar-refractivity contribution >= 4 is 17.3 Å². The van der Waals surface area contributed by atoms with E-state index in [1.165, 1.54) is 4.88 Å². The molecule has 1 saturated heterocycles. The Morgan fingerprint density at radius 3 is 2.91 bits per heavy atom. The van der Waals surface area contributed by atoms with E-state index in [4.69, 9.17) is 0 Å². The van der Waals surface area contributed by atoms with Crippen LogP contribution in [0.2, 0.25) is 0 Å². The zero-order valence-corrected chi connectivity index (χ0v) is 14.2. The Bertz CT molecular complexity index is 427. The first-order valence-electron chi connectivity index (χ1n) is 8.23. The molecule has 0 saturated carbocycles. The summed E-state index contributed by atoms with van der Waals surface area (Å²) < 4.78 is 0. The normalized spacial score (nSPS) is 17.6. The number of guanidine groups is 1. The number of rotatable bonds is 7. The summed E-state index contributed by atoms with van der Waals surface area (Å²) >= 11 is 1.74. The smallest absolute Gasteiger partial charge is 0.191 e. The van der Waals surface area contributed by atoms with Crippen molar-refractivity contribution < 1.29 is 5.11 Å². The van der Waals surface area contributed by atoms with Crippen LogP contribution in [0.3, 0.4) is 0 Å². The van der Waals surface area contributed by atoms with E-state index in [-0.39, 0.29) is 6.10 Å². The number of thiophene rings is 1. The predicted molar refractivity (Wildman–Crippen MR) is 93.4 cm³/mol. The van der Waals surface area contributed by atoms with Crippen LogP contribution >= 0.6 is 11.3 Å². The summed E-state index contributed by atoms with van der Waals surface area (Å²) in [5, 5.41) is 18.3. The highest BCUT2D eigenvalue weighted by Gasteiger charge is 2.15. The van der Waals surface area contributed by atoms with Gasteiger partial charge in [-0.1, -0.05) is 6.07 Å². The van der Waals surface area contributed by atoms with E-state index in [1.54, 1.807) is 11.3 Å². The van der Waals surface area contributed by atoms with Gasteiger partial charge in [0.1, 0.15) is 0 Å². The van der Waals surface area contributed by atoms with Crippen molar-refractivity contribution in [3.05, 3.63) is 22.4 Å². The van der Waals surface area contributed by atoms with Crippen LogP contribution in [-0.2, 0) is 6.54 Å². The van der Waals surface area contributed by atoms with Gasteiger partial charge in [-0.05, 0) is 44.2 Å². The van der Waals surface area contributed by atoms with Crippen molar-refractivity contribution in [3.8, 4) is 0 Å². The molecule has 124 valence electrons. The highest BCUT2D eigenvalue weighted by atomic mass is 32.1. The minimum Gasteiger partial charge on any atom is -0.393 e. The molecule has 1 aliphatic rings. The minimum atomic E-state index is -0.0842. The topological polar surface area (TPSA) is 59.9 Å². The van der Waals surface area contributed by atoms with E-state index in [9.17, 15) is 5.11 Å². The summed E-state index contributed by atoms with van der Waals surface area (Å²) in [5.41, 5.74) is 0. The number of aliphatic imine (C=N–C) groups is 1. The number of hydrogen-bond acceptors (Lipinski definition) is 4. The molecule has 0 unspecified atom stereocenters. The number of piperidine rings is 1. The maximum absolute atomic E-state index is 9.51. The number of aliphatic hydroxyl groups excluding tert-OH is 1. The lowest BCUT2D eigenvalue weighted by atomic mass is 10.1. The van der Waals surface area contributed by atoms with Gasteiger partial charge in [-0.2, -0.15) is 0 Å². The highest BCUT2D eigenvalue weighted by molar-refractivity contribution is 7.09. The standard InChI is InChI=1S/C16H28N4OS/c1-2-17-16(19-13-15-5-3-12-22-15)18-8-4-9-20-10-6-14(21)7-11-20/h3,5,12,14,21H,2,4,6-11,13H2,1H3,(H2,17,18,19). The highest BCUT2D eigenvalue weighted by Crippen LogP contribution is 2.10. The summed E-state index contributed by atoms with van der Waals surface area (Å²) in [7, 11) is 0. The largest absolute Gasteiger partial charge is 0.393 e. The van der Waals surface area contributed by atoms with Gasteiger partial charge < -0.3 is 20.6 Å². The maximum Gasteiger partial charge on any atom is 0.191 e. The Kier molecular flexibility index (Phi) is 7.70. The molecule has 6 heteroatoms. The second-order valence-corrected chi connectivity index (χ2v) is 6.66. The van der Waals surface area contributed by atoms with Crippen LogP contribution in [0.4, 0.5) is 0 Å². The molecule has 1 fully saturated rings. The van der Waals surface area contributed by atoms with E-state index < -0.39 is 0 Å². The third kappa shape index (κ3) is 6.34. The molecule has 22 heavy (non-hydrogen) atoms. The van der Waals surface area contributed by atoms with Crippen LogP contribution in [0, 0.1) is 0 Å². The molecule has 0 atom stereocenters. The first-order chi connectivity index (χ1) is 10.8. The quantitative estimate of drug-likeness (QED) is 0.405. The van der Waals surface area contributed by atoms with E-state index in [0.29, 0.717) is 0 Å². The van der Waals surface area contributed by atoms with E-state index in [1.807, 2.05) is 0 Å². The van der Waals surface area contributed by atoms with Crippen molar-refractivity contribution in [3.63, 3.8) is 0 Å². The van der Waals surface area contributed by atoms with E-state index in [2.05, 4.69) is 45.0 Å². The van der Waals surface area contributed by atoms with Crippen LogP contribution in [0.25, 0.3) is 0 Å². The molecule has 1 aromatic heterocycles.